The van der Waals surface area contributed by atoms with Crippen molar-refractivity contribution in [1.29, 1.82) is 0 Å². The fourth-order valence-corrected chi connectivity index (χ4v) is 3.90. The fourth-order valence-electron chi connectivity index (χ4n) is 3.90. The first kappa shape index (κ1) is 16.3. The zero-order chi connectivity index (χ0) is 17.2. The molecule has 0 aliphatic carbocycles. The van der Waals surface area contributed by atoms with Crippen molar-refractivity contribution in [2.45, 2.75) is 38.4 Å². The maximum atomic E-state index is 5.95. The van der Waals surface area contributed by atoms with Gasteiger partial charge in [-0.15, -0.1) is 0 Å². The second-order valence-electron chi connectivity index (χ2n) is 7.01. The highest BCUT2D eigenvalue weighted by molar-refractivity contribution is 5.54. The van der Waals surface area contributed by atoms with E-state index in [9.17, 15) is 0 Å². The maximum Gasteiger partial charge on any atom is 0.131 e. The molecule has 2 aromatic carbocycles. The van der Waals surface area contributed by atoms with Crippen LogP contribution in [-0.4, -0.2) is 25.9 Å². The van der Waals surface area contributed by atoms with Crippen molar-refractivity contribution in [2.75, 3.05) is 19.0 Å². The third kappa shape index (κ3) is 3.59. The fraction of sp³-hybridized carbons (Fsp3) is 0.429. The number of hydrogen-bond donors (Lipinski definition) is 1. The van der Waals surface area contributed by atoms with Crippen LogP contribution in [0.5, 0.6) is 17.2 Å². The molecule has 25 heavy (non-hydrogen) atoms. The van der Waals surface area contributed by atoms with Crippen molar-refractivity contribution in [3.8, 4) is 17.2 Å². The van der Waals surface area contributed by atoms with Crippen LogP contribution in [0.25, 0.3) is 0 Å². The second kappa shape index (κ2) is 6.96. The molecule has 2 fully saturated rings. The lowest BCUT2D eigenvalue weighted by molar-refractivity contribution is 0.0941. The van der Waals surface area contributed by atoms with Crippen LogP contribution in [-0.2, 0) is 4.74 Å². The minimum Gasteiger partial charge on any atom is -0.497 e. The van der Waals surface area contributed by atoms with E-state index in [-0.39, 0.29) is 0 Å². The van der Waals surface area contributed by atoms with E-state index in [2.05, 4.69) is 24.4 Å². The second-order valence-corrected chi connectivity index (χ2v) is 7.01. The molecule has 0 saturated carbocycles. The highest BCUT2D eigenvalue weighted by Gasteiger charge is 2.40. The van der Waals surface area contributed by atoms with Crippen molar-refractivity contribution < 1.29 is 14.2 Å². The van der Waals surface area contributed by atoms with Gasteiger partial charge in [-0.1, -0.05) is 6.07 Å². The third-order valence-corrected chi connectivity index (χ3v) is 5.26. The van der Waals surface area contributed by atoms with Gasteiger partial charge in [0.15, 0.2) is 0 Å². The van der Waals surface area contributed by atoms with Crippen LogP contribution in [0.2, 0.25) is 0 Å². The van der Waals surface area contributed by atoms with Gasteiger partial charge in [0, 0.05) is 24.2 Å². The first-order valence-corrected chi connectivity index (χ1v) is 9.03. The van der Waals surface area contributed by atoms with E-state index in [1.807, 2.05) is 30.3 Å². The van der Waals surface area contributed by atoms with E-state index in [0.717, 1.165) is 23.8 Å². The molecule has 1 N–H and O–H groups in total. The van der Waals surface area contributed by atoms with Crippen molar-refractivity contribution in [2.24, 2.45) is 5.92 Å². The van der Waals surface area contributed by atoms with E-state index in [1.165, 1.54) is 30.5 Å². The van der Waals surface area contributed by atoms with E-state index in [4.69, 9.17) is 14.2 Å². The minimum absolute atomic E-state index is 0.466. The van der Waals surface area contributed by atoms with Crippen molar-refractivity contribution >= 4 is 5.69 Å². The van der Waals surface area contributed by atoms with E-state index < -0.39 is 0 Å². The number of aryl methyl sites for hydroxylation is 1. The lowest BCUT2D eigenvalue weighted by Gasteiger charge is -2.20. The summed E-state index contributed by atoms with van der Waals surface area (Å²) in [7, 11) is 1.66. The molecule has 4 rings (SSSR count). The lowest BCUT2D eigenvalue weighted by atomic mass is 9.89. The van der Waals surface area contributed by atoms with Crippen LogP contribution in [0, 0.1) is 12.8 Å². The Kier molecular flexibility index (Phi) is 4.53. The maximum absolute atomic E-state index is 5.95. The Bertz CT molecular complexity index is 746. The van der Waals surface area contributed by atoms with Crippen molar-refractivity contribution in [3.63, 3.8) is 0 Å². The average Bonchev–Trinajstić information content (AvgIpc) is 3.24. The highest BCUT2D eigenvalue weighted by atomic mass is 16.5. The van der Waals surface area contributed by atoms with Gasteiger partial charge in [0.2, 0.25) is 0 Å². The molecule has 132 valence electrons. The smallest absolute Gasteiger partial charge is 0.131 e. The van der Waals surface area contributed by atoms with Gasteiger partial charge < -0.3 is 19.5 Å². The van der Waals surface area contributed by atoms with Gasteiger partial charge in [0.25, 0.3) is 0 Å². The zero-order valence-corrected chi connectivity index (χ0v) is 14.8. The van der Waals surface area contributed by atoms with Gasteiger partial charge in [-0.2, -0.15) is 0 Å². The summed E-state index contributed by atoms with van der Waals surface area (Å²) >= 11 is 0. The molecular weight excluding hydrogens is 314 g/mol. The number of fused-ring (bicyclic) bond motifs is 2. The van der Waals surface area contributed by atoms with Gasteiger partial charge in [-0.05, 0) is 62.1 Å². The molecule has 2 heterocycles. The number of hydrogen-bond acceptors (Lipinski definition) is 4. The SMILES string of the molecule is COc1cccc(Oc2ccc(NCC3CC4CCC3O4)c(C)c2)c1. The van der Waals surface area contributed by atoms with Crippen molar-refractivity contribution in [3.05, 3.63) is 48.0 Å². The Labute approximate surface area is 149 Å². The highest BCUT2D eigenvalue weighted by Crippen LogP contribution is 2.39. The topological polar surface area (TPSA) is 39.7 Å². The van der Waals surface area contributed by atoms with Gasteiger partial charge in [0.1, 0.15) is 17.2 Å². The Morgan fingerprint density at radius 1 is 1.08 bits per heavy atom. The Morgan fingerprint density at radius 2 is 1.92 bits per heavy atom. The summed E-state index contributed by atoms with van der Waals surface area (Å²) in [6, 6.07) is 13.8. The van der Waals surface area contributed by atoms with Gasteiger partial charge in [-0.3, -0.25) is 0 Å². The number of methoxy groups -OCH3 is 1. The molecule has 2 bridgehead atoms. The molecule has 0 amide bonds. The minimum atomic E-state index is 0.466. The standard InChI is InChI=1S/C21H25NO3/c1-14-10-18(24-17-5-3-4-16(12-17)23-2)6-8-20(14)22-13-15-11-19-7-9-21(15)25-19/h3-6,8,10,12,15,19,21-22H,7,9,11,13H2,1-2H3. The third-order valence-electron chi connectivity index (χ3n) is 5.26. The summed E-state index contributed by atoms with van der Waals surface area (Å²) in [5.74, 6) is 3.05. The largest absolute Gasteiger partial charge is 0.497 e. The molecule has 0 aromatic heterocycles. The summed E-state index contributed by atoms with van der Waals surface area (Å²) in [5, 5.41) is 3.59. The van der Waals surface area contributed by atoms with Crippen LogP contribution in [0.15, 0.2) is 42.5 Å². The monoisotopic (exact) mass is 339 g/mol. The number of rotatable bonds is 6. The van der Waals surface area contributed by atoms with E-state index in [0.29, 0.717) is 18.1 Å². The molecular formula is C21H25NO3. The van der Waals surface area contributed by atoms with Gasteiger partial charge in [-0.25, -0.2) is 0 Å². The summed E-state index contributed by atoms with van der Waals surface area (Å²) in [4.78, 5) is 0. The first-order chi connectivity index (χ1) is 12.2. The Hall–Kier alpha value is -2.20. The zero-order valence-electron chi connectivity index (χ0n) is 14.8. The predicted octanol–water partition coefficient (Wildman–Crippen LogP) is 4.78. The lowest BCUT2D eigenvalue weighted by Crippen LogP contribution is -2.24. The van der Waals surface area contributed by atoms with Gasteiger partial charge in [0.05, 0.1) is 19.3 Å². The van der Waals surface area contributed by atoms with Crippen LogP contribution in [0.3, 0.4) is 0 Å². The summed E-state index contributed by atoms with van der Waals surface area (Å²) < 4.78 is 17.1. The van der Waals surface area contributed by atoms with Gasteiger partial charge >= 0.3 is 0 Å². The van der Waals surface area contributed by atoms with E-state index in [1.54, 1.807) is 7.11 Å². The first-order valence-electron chi connectivity index (χ1n) is 9.03. The molecule has 0 radical (unpaired) electrons. The predicted molar refractivity (Wildman–Crippen MR) is 98.7 cm³/mol. The van der Waals surface area contributed by atoms with Crippen LogP contribution in [0.1, 0.15) is 24.8 Å². The number of anilines is 1. The molecule has 3 atom stereocenters. The summed E-state index contributed by atoms with van der Waals surface area (Å²) in [6.45, 7) is 3.09. The molecule has 0 spiro atoms. The molecule has 2 aliphatic rings. The summed E-state index contributed by atoms with van der Waals surface area (Å²) in [6.07, 6.45) is 4.65. The Morgan fingerprint density at radius 3 is 2.64 bits per heavy atom. The average molecular weight is 339 g/mol. The quantitative estimate of drug-likeness (QED) is 0.822. The number of ether oxygens (including phenoxy) is 3. The molecule has 3 unspecified atom stereocenters. The molecule has 4 nitrogen and oxygen atoms in total. The Balaban J connectivity index is 1.38. The van der Waals surface area contributed by atoms with Crippen LogP contribution >= 0.6 is 0 Å². The van der Waals surface area contributed by atoms with Crippen LogP contribution in [0.4, 0.5) is 5.69 Å². The number of nitrogens with one attached hydrogen (secondary N) is 1. The number of benzene rings is 2. The van der Waals surface area contributed by atoms with E-state index >= 15 is 0 Å². The van der Waals surface area contributed by atoms with Crippen LogP contribution < -0.4 is 14.8 Å². The molecule has 2 aromatic rings. The molecule has 4 heteroatoms. The molecule has 2 aliphatic heterocycles. The summed E-state index contributed by atoms with van der Waals surface area (Å²) in [5.41, 5.74) is 2.35. The molecule has 2 saturated heterocycles. The normalized spacial score (nSPS) is 24.3. The van der Waals surface area contributed by atoms with Crippen molar-refractivity contribution in [1.82, 2.24) is 0 Å².